The number of rotatable bonds is 69. The molecule has 81 heavy (non-hydrogen) atoms. The fourth-order valence-electron chi connectivity index (χ4n) is 11.3. The summed E-state index contributed by atoms with van der Waals surface area (Å²) in [6.07, 6.45) is 76.6. The average Bonchev–Trinajstić information content (AvgIpc) is 3.43. The van der Waals surface area contributed by atoms with Gasteiger partial charge in [-0.05, 0) is 12.8 Å². The molecule has 0 bridgehead atoms. The summed E-state index contributed by atoms with van der Waals surface area (Å²) in [6, 6.07) is 0. The topological polar surface area (TPSA) is 108 Å². The second-order valence-electron chi connectivity index (χ2n) is 26.4. The van der Waals surface area contributed by atoms with Crippen LogP contribution in [0.1, 0.15) is 393 Å². The Labute approximate surface area is 505 Å². The molecule has 0 aromatic carbocycles. The van der Waals surface area contributed by atoms with E-state index >= 15 is 0 Å². The molecular weight excluding hydrogens is 1030 g/mol. The molecule has 0 saturated carbocycles. The number of hydrogen-bond donors (Lipinski definition) is 1. The molecule has 9 nitrogen and oxygen atoms in total. The van der Waals surface area contributed by atoms with Crippen LogP contribution < -0.4 is 0 Å². The molecule has 0 amide bonds. The molecule has 0 aliphatic rings. The third kappa shape index (κ3) is 68.0. The standard InChI is InChI=1S/C71H142NO8P/c1-6-8-10-12-14-16-18-20-22-24-26-28-30-31-32-33-34-35-36-37-38-39-40-42-44-46-48-50-52-54-56-58-60-62-64-71(74)80-69(68-79-81(75,76)78-66-65-72(3,4)5)67-77-70(73)63-61-59-57-55-53-51-49-47-45-43-41-29-27-25-23-21-19-17-15-13-11-9-7-2/h69H,6-68H2,1-5H3/p+1. The number of nitrogens with zero attached hydrogens (tertiary/aromatic N) is 1. The Bertz CT molecular complexity index is 1330. The quantitative estimate of drug-likeness (QED) is 0.0278. The van der Waals surface area contributed by atoms with Gasteiger partial charge in [0.15, 0.2) is 6.10 Å². The van der Waals surface area contributed by atoms with E-state index in [-0.39, 0.29) is 25.6 Å². The van der Waals surface area contributed by atoms with Crippen LogP contribution in [0.15, 0.2) is 0 Å². The Morgan fingerprint density at radius 1 is 0.333 bits per heavy atom. The van der Waals surface area contributed by atoms with Gasteiger partial charge in [-0.15, -0.1) is 0 Å². The normalized spacial score (nSPS) is 13.0. The molecule has 2 atom stereocenters. The van der Waals surface area contributed by atoms with Crippen LogP contribution in [0, 0.1) is 0 Å². The van der Waals surface area contributed by atoms with Gasteiger partial charge in [0.25, 0.3) is 0 Å². The molecule has 0 aromatic heterocycles. The van der Waals surface area contributed by atoms with Crippen molar-refractivity contribution in [3.63, 3.8) is 0 Å². The lowest BCUT2D eigenvalue weighted by Gasteiger charge is -2.24. The number of quaternary nitrogens is 1. The Morgan fingerprint density at radius 2 is 0.556 bits per heavy atom. The van der Waals surface area contributed by atoms with E-state index in [1.165, 1.54) is 327 Å². The maximum absolute atomic E-state index is 12.9. The van der Waals surface area contributed by atoms with Gasteiger partial charge >= 0.3 is 19.8 Å². The van der Waals surface area contributed by atoms with Gasteiger partial charge in [-0.25, -0.2) is 4.57 Å². The summed E-state index contributed by atoms with van der Waals surface area (Å²) >= 11 is 0. The van der Waals surface area contributed by atoms with Crippen LogP contribution in [0.4, 0.5) is 0 Å². The molecule has 0 heterocycles. The maximum atomic E-state index is 12.9. The van der Waals surface area contributed by atoms with Crippen LogP contribution in [-0.4, -0.2) is 74.9 Å². The van der Waals surface area contributed by atoms with Crippen molar-refractivity contribution in [1.82, 2.24) is 0 Å². The number of esters is 2. The average molecular weight is 1170 g/mol. The zero-order chi connectivity index (χ0) is 59.1. The minimum atomic E-state index is -4.38. The van der Waals surface area contributed by atoms with E-state index in [9.17, 15) is 19.0 Å². The largest absolute Gasteiger partial charge is 0.472 e. The molecule has 10 heteroatoms. The smallest absolute Gasteiger partial charge is 0.462 e. The summed E-state index contributed by atoms with van der Waals surface area (Å²) in [5.41, 5.74) is 0. The molecule has 0 aliphatic heterocycles. The van der Waals surface area contributed by atoms with Gasteiger partial charge in [0, 0.05) is 12.8 Å². The second-order valence-corrected chi connectivity index (χ2v) is 27.8. The van der Waals surface area contributed by atoms with Gasteiger partial charge in [-0.3, -0.25) is 18.6 Å². The van der Waals surface area contributed by atoms with Crippen LogP contribution >= 0.6 is 7.82 Å². The fourth-order valence-corrected chi connectivity index (χ4v) is 12.1. The van der Waals surface area contributed by atoms with Crippen molar-refractivity contribution in [3.8, 4) is 0 Å². The first-order chi connectivity index (χ1) is 39.5. The predicted molar refractivity (Wildman–Crippen MR) is 349 cm³/mol. The maximum Gasteiger partial charge on any atom is 0.472 e. The summed E-state index contributed by atoms with van der Waals surface area (Å²) in [7, 11) is 1.51. The summed E-state index contributed by atoms with van der Waals surface area (Å²) < 4.78 is 34.8. The molecular formula is C71H143NO8P+. The van der Waals surface area contributed by atoms with Crippen LogP contribution in [0.3, 0.4) is 0 Å². The van der Waals surface area contributed by atoms with Crippen LogP contribution in [0.5, 0.6) is 0 Å². The Kier molecular flexibility index (Phi) is 62.7. The van der Waals surface area contributed by atoms with Gasteiger partial charge in [-0.1, -0.05) is 367 Å². The Balaban J connectivity index is 3.93. The van der Waals surface area contributed by atoms with Crippen molar-refractivity contribution in [3.05, 3.63) is 0 Å². The number of phosphoric acid groups is 1. The molecule has 2 unspecified atom stereocenters. The number of carbonyl (C=O) groups is 2. The molecule has 1 N–H and O–H groups in total. The molecule has 0 aromatic rings. The lowest BCUT2D eigenvalue weighted by molar-refractivity contribution is -0.870. The first-order valence-electron chi connectivity index (χ1n) is 36.3. The number of unbranched alkanes of at least 4 members (excludes halogenated alkanes) is 55. The highest BCUT2D eigenvalue weighted by Gasteiger charge is 2.27. The van der Waals surface area contributed by atoms with Gasteiger partial charge in [0.05, 0.1) is 27.7 Å². The second kappa shape index (κ2) is 63.5. The number of phosphoric ester groups is 1. The van der Waals surface area contributed by atoms with Crippen LogP contribution in [0.25, 0.3) is 0 Å². The summed E-state index contributed by atoms with van der Waals surface area (Å²) in [5, 5.41) is 0. The van der Waals surface area contributed by atoms with E-state index in [1.807, 2.05) is 21.1 Å². The zero-order valence-corrected chi connectivity index (χ0v) is 56.2. The molecule has 484 valence electrons. The summed E-state index contributed by atoms with van der Waals surface area (Å²) in [4.78, 5) is 35.9. The number of ether oxygens (including phenoxy) is 2. The van der Waals surface area contributed by atoms with E-state index < -0.39 is 26.5 Å². The lowest BCUT2D eigenvalue weighted by atomic mass is 10.0. The molecule has 0 rings (SSSR count). The first-order valence-corrected chi connectivity index (χ1v) is 37.8. The zero-order valence-electron chi connectivity index (χ0n) is 55.3. The van der Waals surface area contributed by atoms with E-state index in [4.69, 9.17) is 18.5 Å². The van der Waals surface area contributed by atoms with Crippen LogP contribution in [-0.2, 0) is 32.7 Å². The summed E-state index contributed by atoms with van der Waals surface area (Å²) in [6.45, 7) is 4.53. The highest BCUT2D eigenvalue weighted by molar-refractivity contribution is 7.47. The first kappa shape index (κ1) is 80.0. The monoisotopic (exact) mass is 1170 g/mol. The van der Waals surface area contributed by atoms with Crippen molar-refractivity contribution in [2.24, 2.45) is 0 Å². The number of likely N-dealkylation sites (N-methyl/N-ethyl adjacent to an activating group) is 1. The van der Waals surface area contributed by atoms with Crippen molar-refractivity contribution < 1.29 is 42.1 Å². The SMILES string of the molecule is CCCCCCCCCCCCCCCCCCCCCCCCCCCCCCCCCCCCC(=O)OC(COC(=O)CCCCCCCCCCCCCCCCCCCCCCCCC)COP(=O)(O)OCC[N+](C)(C)C. The lowest BCUT2D eigenvalue weighted by Crippen LogP contribution is -2.37. The number of carbonyl (C=O) groups excluding carboxylic acids is 2. The summed E-state index contributed by atoms with van der Waals surface area (Å²) in [5.74, 6) is -0.767. The van der Waals surface area contributed by atoms with Crippen molar-refractivity contribution in [2.45, 2.75) is 399 Å². The minimum Gasteiger partial charge on any atom is -0.462 e. The minimum absolute atomic E-state index is 0.0377. The van der Waals surface area contributed by atoms with Crippen LogP contribution in [0.2, 0.25) is 0 Å². The van der Waals surface area contributed by atoms with E-state index in [0.29, 0.717) is 17.4 Å². The molecule has 0 saturated heterocycles. The molecule has 0 radical (unpaired) electrons. The van der Waals surface area contributed by atoms with Gasteiger partial charge in [0.1, 0.15) is 19.8 Å². The van der Waals surface area contributed by atoms with E-state index in [1.54, 1.807) is 0 Å². The Hall–Kier alpha value is -0.990. The van der Waals surface area contributed by atoms with E-state index in [2.05, 4.69) is 13.8 Å². The highest BCUT2D eigenvalue weighted by atomic mass is 31.2. The van der Waals surface area contributed by atoms with E-state index in [0.717, 1.165) is 38.5 Å². The molecule has 0 spiro atoms. The van der Waals surface area contributed by atoms with Gasteiger partial charge < -0.3 is 18.9 Å². The van der Waals surface area contributed by atoms with Gasteiger partial charge in [0.2, 0.25) is 0 Å². The Morgan fingerprint density at radius 3 is 0.790 bits per heavy atom. The van der Waals surface area contributed by atoms with Crippen molar-refractivity contribution in [2.75, 3.05) is 47.5 Å². The third-order valence-electron chi connectivity index (χ3n) is 16.9. The number of hydrogen-bond acceptors (Lipinski definition) is 7. The molecule has 0 aliphatic carbocycles. The van der Waals surface area contributed by atoms with Gasteiger partial charge in [-0.2, -0.15) is 0 Å². The van der Waals surface area contributed by atoms with Crippen molar-refractivity contribution >= 4 is 19.8 Å². The fraction of sp³-hybridized carbons (Fsp3) is 0.972. The van der Waals surface area contributed by atoms with Crippen molar-refractivity contribution in [1.29, 1.82) is 0 Å². The molecule has 0 fully saturated rings. The highest BCUT2D eigenvalue weighted by Crippen LogP contribution is 2.43. The predicted octanol–water partition coefficient (Wildman–Crippen LogP) is 23.3. The third-order valence-corrected chi connectivity index (χ3v) is 17.9.